The second kappa shape index (κ2) is 25.2. The van der Waals surface area contributed by atoms with Crippen LogP contribution in [0.3, 0.4) is 0 Å². The van der Waals surface area contributed by atoms with Crippen LogP contribution in [0.15, 0.2) is 0 Å². The van der Waals surface area contributed by atoms with Gasteiger partial charge in [-0.15, -0.1) is 0 Å². The predicted octanol–water partition coefficient (Wildman–Crippen LogP) is 8.22. The predicted molar refractivity (Wildman–Crippen MR) is 169 cm³/mol. The molecular formula is C33H66N4O3. The Morgan fingerprint density at radius 1 is 0.750 bits per heavy atom. The smallest absolute Gasteiger partial charge is 0.409 e. The molecule has 7 heteroatoms. The molecule has 3 amide bonds. The quantitative estimate of drug-likeness (QED) is 0.120. The number of ether oxygens (including phenoxy) is 1. The Labute approximate surface area is 248 Å². The lowest BCUT2D eigenvalue weighted by atomic mass is 10.00. The van der Waals surface area contributed by atoms with Gasteiger partial charge in [0.2, 0.25) is 0 Å². The number of nitrogens with one attached hydrogen (secondary N) is 1. The van der Waals surface area contributed by atoms with Gasteiger partial charge >= 0.3 is 12.1 Å². The van der Waals surface area contributed by atoms with E-state index in [1.54, 1.807) is 4.90 Å². The molecule has 0 radical (unpaired) electrons. The Morgan fingerprint density at radius 2 is 1.30 bits per heavy atom. The van der Waals surface area contributed by atoms with Crippen LogP contribution in [0.5, 0.6) is 0 Å². The molecule has 7 nitrogen and oxygen atoms in total. The van der Waals surface area contributed by atoms with Gasteiger partial charge in [0.25, 0.3) is 0 Å². The highest BCUT2D eigenvalue weighted by Gasteiger charge is 2.26. The molecule has 1 aliphatic heterocycles. The zero-order chi connectivity index (χ0) is 29.3. The zero-order valence-corrected chi connectivity index (χ0v) is 27.0. The van der Waals surface area contributed by atoms with Gasteiger partial charge in [-0.25, -0.2) is 9.59 Å². The molecule has 236 valence electrons. The number of amides is 3. The van der Waals surface area contributed by atoms with Crippen molar-refractivity contribution >= 4 is 12.1 Å². The van der Waals surface area contributed by atoms with Gasteiger partial charge in [0, 0.05) is 39.1 Å². The third kappa shape index (κ3) is 19.6. The van der Waals surface area contributed by atoms with Crippen LogP contribution in [0.1, 0.15) is 142 Å². The van der Waals surface area contributed by atoms with Crippen LogP contribution in [0.2, 0.25) is 0 Å². The summed E-state index contributed by atoms with van der Waals surface area (Å²) in [6.45, 7) is 5.85. The third-order valence-electron chi connectivity index (χ3n) is 8.28. The molecule has 0 aromatic carbocycles. The van der Waals surface area contributed by atoms with Crippen molar-refractivity contribution in [2.75, 3.05) is 53.9 Å². The maximum Gasteiger partial charge on any atom is 0.409 e. The molecule has 0 aliphatic carbocycles. The first-order chi connectivity index (χ1) is 19.5. The van der Waals surface area contributed by atoms with E-state index < -0.39 is 0 Å². The molecule has 1 unspecified atom stereocenters. The summed E-state index contributed by atoms with van der Waals surface area (Å²) < 4.78 is 5.56. The van der Waals surface area contributed by atoms with Crippen molar-refractivity contribution in [3.8, 4) is 0 Å². The average molecular weight is 567 g/mol. The van der Waals surface area contributed by atoms with Crippen molar-refractivity contribution in [1.29, 1.82) is 0 Å². The van der Waals surface area contributed by atoms with Crippen molar-refractivity contribution in [3.63, 3.8) is 0 Å². The zero-order valence-electron chi connectivity index (χ0n) is 27.0. The number of urea groups is 1. The first-order valence-corrected chi connectivity index (χ1v) is 17.0. The first kappa shape index (κ1) is 36.5. The number of rotatable bonds is 24. The van der Waals surface area contributed by atoms with Crippen LogP contribution in [0.4, 0.5) is 9.59 Å². The van der Waals surface area contributed by atoms with Crippen molar-refractivity contribution < 1.29 is 14.3 Å². The molecule has 1 rings (SSSR count). The standard InChI is InChI=1S/C33H66N4O3/c1-5-6-7-8-9-10-11-12-13-14-15-16-17-18-19-21-28-36(4)33(39)40-30-25-31-24-20-22-29-37(31)32(38)34-26-23-27-35(2)3/h31H,5-30H2,1-4H3,(H,34,38). The van der Waals surface area contributed by atoms with E-state index in [1.165, 1.54) is 96.3 Å². The molecular weight excluding hydrogens is 500 g/mol. The maximum atomic E-state index is 12.7. The topological polar surface area (TPSA) is 65.1 Å². The monoisotopic (exact) mass is 567 g/mol. The maximum absolute atomic E-state index is 12.7. The summed E-state index contributed by atoms with van der Waals surface area (Å²) in [6.07, 6.45) is 26.2. The van der Waals surface area contributed by atoms with E-state index in [2.05, 4.69) is 17.1 Å². The third-order valence-corrected chi connectivity index (χ3v) is 8.28. The van der Waals surface area contributed by atoms with Gasteiger partial charge in [-0.3, -0.25) is 0 Å². The molecule has 0 aromatic heterocycles. The van der Waals surface area contributed by atoms with E-state index in [0.29, 0.717) is 19.6 Å². The number of piperidine rings is 1. The molecule has 0 bridgehead atoms. The number of unbranched alkanes of at least 4 members (excludes halogenated alkanes) is 15. The first-order valence-electron chi connectivity index (χ1n) is 17.0. The Balaban J connectivity index is 2.00. The number of nitrogens with zero attached hydrogens (tertiary/aromatic N) is 3. The Morgan fingerprint density at radius 3 is 1.85 bits per heavy atom. The molecule has 1 aliphatic rings. The number of carbonyl (C=O) groups is 2. The average Bonchev–Trinajstić information content (AvgIpc) is 2.95. The molecule has 0 spiro atoms. The largest absolute Gasteiger partial charge is 0.449 e. The van der Waals surface area contributed by atoms with Crippen LogP contribution < -0.4 is 5.32 Å². The van der Waals surface area contributed by atoms with Crippen LogP contribution in [0, 0.1) is 0 Å². The van der Waals surface area contributed by atoms with E-state index in [4.69, 9.17) is 4.74 Å². The van der Waals surface area contributed by atoms with Crippen molar-refractivity contribution in [2.24, 2.45) is 0 Å². The highest BCUT2D eigenvalue weighted by atomic mass is 16.6. The van der Waals surface area contributed by atoms with Crippen molar-refractivity contribution in [3.05, 3.63) is 0 Å². The minimum Gasteiger partial charge on any atom is -0.449 e. The molecule has 1 fully saturated rings. The minimum absolute atomic E-state index is 0.0235. The van der Waals surface area contributed by atoms with Crippen LogP contribution in [-0.2, 0) is 4.74 Å². The number of likely N-dealkylation sites (tertiary alicyclic amines) is 1. The van der Waals surface area contributed by atoms with Crippen molar-refractivity contribution in [1.82, 2.24) is 20.0 Å². The molecule has 1 atom stereocenters. The fourth-order valence-electron chi connectivity index (χ4n) is 5.64. The van der Waals surface area contributed by atoms with Crippen LogP contribution in [-0.4, -0.2) is 86.8 Å². The molecule has 0 aromatic rings. The van der Waals surface area contributed by atoms with Gasteiger partial charge in [0.15, 0.2) is 0 Å². The number of carbonyl (C=O) groups excluding carboxylic acids is 2. The Hall–Kier alpha value is -1.50. The van der Waals surface area contributed by atoms with Crippen LogP contribution >= 0.6 is 0 Å². The van der Waals surface area contributed by atoms with Gasteiger partial charge in [-0.1, -0.05) is 103 Å². The number of hydrogen-bond donors (Lipinski definition) is 1. The Kier molecular flexibility index (Phi) is 23.0. The van der Waals surface area contributed by atoms with Gasteiger partial charge in [0.05, 0.1) is 6.61 Å². The van der Waals surface area contributed by atoms with E-state index in [1.807, 2.05) is 26.0 Å². The highest BCUT2D eigenvalue weighted by molar-refractivity contribution is 5.74. The van der Waals surface area contributed by atoms with Gasteiger partial charge in [-0.05, 0) is 52.7 Å². The normalized spacial score (nSPS) is 15.4. The summed E-state index contributed by atoms with van der Waals surface area (Å²) in [5.41, 5.74) is 0. The lowest BCUT2D eigenvalue weighted by molar-refractivity contribution is 0.0909. The summed E-state index contributed by atoms with van der Waals surface area (Å²) in [6, 6.07) is 0.177. The molecule has 1 N–H and O–H groups in total. The second-order valence-electron chi connectivity index (χ2n) is 12.4. The van der Waals surface area contributed by atoms with Gasteiger partial charge in [-0.2, -0.15) is 0 Å². The van der Waals surface area contributed by atoms with E-state index in [-0.39, 0.29) is 18.2 Å². The van der Waals surface area contributed by atoms with Gasteiger partial charge in [0.1, 0.15) is 0 Å². The van der Waals surface area contributed by atoms with Crippen molar-refractivity contribution in [2.45, 2.75) is 148 Å². The summed E-state index contributed by atoms with van der Waals surface area (Å²) >= 11 is 0. The highest BCUT2D eigenvalue weighted by Crippen LogP contribution is 2.20. The van der Waals surface area contributed by atoms with E-state index in [9.17, 15) is 9.59 Å². The minimum atomic E-state index is -0.239. The summed E-state index contributed by atoms with van der Waals surface area (Å²) in [5, 5.41) is 3.06. The summed E-state index contributed by atoms with van der Waals surface area (Å²) in [4.78, 5) is 30.9. The molecule has 1 saturated heterocycles. The van der Waals surface area contributed by atoms with E-state index in [0.717, 1.165) is 51.7 Å². The number of hydrogen-bond acceptors (Lipinski definition) is 4. The fraction of sp³-hybridized carbons (Fsp3) is 0.939. The van der Waals surface area contributed by atoms with Gasteiger partial charge < -0.3 is 24.8 Å². The van der Waals surface area contributed by atoms with Crippen LogP contribution in [0.25, 0.3) is 0 Å². The summed E-state index contributed by atoms with van der Waals surface area (Å²) in [5.74, 6) is 0. The summed E-state index contributed by atoms with van der Waals surface area (Å²) in [7, 11) is 5.92. The molecule has 1 heterocycles. The SMILES string of the molecule is CCCCCCCCCCCCCCCCCCN(C)C(=O)OCCC1CCCCN1C(=O)NCCCN(C)C. The second-order valence-corrected chi connectivity index (χ2v) is 12.4. The Bertz CT molecular complexity index is 617. The lowest BCUT2D eigenvalue weighted by Crippen LogP contribution is -2.49. The molecule has 40 heavy (non-hydrogen) atoms. The lowest BCUT2D eigenvalue weighted by Gasteiger charge is -2.35. The van der Waals surface area contributed by atoms with E-state index >= 15 is 0 Å². The fourth-order valence-corrected chi connectivity index (χ4v) is 5.64. The molecule has 0 saturated carbocycles.